The van der Waals surface area contributed by atoms with E-state index in [0.717, 1.165) is 24.3 Å². The number of amides is 3. The van der Waals surface area contributed by atoms with Crippen molar-refractivity contribution in [1.29, 1.82) is 0 Å². The molecule has 6 nitrogen and oxygen atoms in total. The van der Waals surface area contributed by atoms with Gasteiger partial charge in [-0.2, -0.15) is 0 Å². The molecule has 0 saturated carbocycles. The van der Waals surface area contributed by atoms with Crippen molar-refractivity contribution in [2.75, 3.05) is 41.7 Å². The molecule has 0 radical (unpaired) electrons. The fourth-order valence-electron chi connectivity index (χ4n) is 3.95. The standard InChI is InChI=1S/C26H26Cl2N4O2/c1-18-3-2-4-19(15-18)16-25(33)32-13-11-31(12-14-32)22-8-6-21(7-9-22)29-26(34)30-24-10-5-20(27)17-23(24)28/h2-10,15,17H,11-14,16H2,1H3,(H2,29,30,34). The average Bonchev–Trinajstić information content (AvgIpc) is 2.81. The second-order valence-electron chi connectivity index (χ2n) is 8.28. The monoisotopic (exact) mass is 496 g/mol. The van der Waals surface area contributed by atoms with Gasteiger partial charge in [0.15, 0.2) is 0 Å². The second-order valence-corrected chi connectivity index (χ2v) is 9.13. The first-order valence-electron chi connectivity index (χ1n) is 11.1. The number of hydrogen-bond acceptors (Lipinski definition) is 3. The van der Waals surface area contributed by atoms with Gasteiger partial charge in [-0.1, -0.05) is 53.0 Å². The number of carbonyl (C=O) groups is 2. The Morgan fingerprint density at radius 3 is 2.29 bits per heavy atom. The predicted octanol–water partition coefficient (Wildman–Crippen LogP) is 5.84. The van der Waals surface area contributed by atoms with E-state index in [1.807, 2.05) is 54.3 Å². The van der Waals surface area contributed by atoms with Gasteiger partial charge in [-0.15, -0.1) is 0 Å². The maximum absolute atomic E-state index is 12.7. The number of carbonyl (C=O) groups excluding carboxylic acids is 2. The smallest absolute Gasteiger partial charge is 0.323 e. The van der Waals surface area contributed by atoms with E-state index in [0.29, 0.717) is 40.9 Å². The van der Waals surface area contributed by atoms with Gasteiger partial charge < -0.3 is 20.4 Å². The third kappa shape index (κ3) is 6.22. The topological polar surface area (TPSA) is 64.7 Å². The molecule has 0 aliphatic carbocycles. The minimum absolute atomic E-state index is 0.164. The molecule has 8 heteroatoms. The second kappa shape index (κ2) is 10.8. The van der Waals surface area contributed by atoms with Crippen molar-refractivity contribution < 1.29 is 9.59 Å². The Hall–Kier alpha value is -3.22. The van der Waals surface area contributed by atoms with E-state index < -0.39 is 6.03 Å². The number of hydrogen-bond donors (Lipinski definition) is 2. The molecule has 4 rings (SSSR count). The Balaban J connectivity index is 1.27. The Morgan fingerprint density at radius 1 is 0.882 bits per heavy atom. The zero-order chi connectivity index (χ0) is 24.1. The molecule has 3 aromatic carbocycles. The van der Waals surface area contributed by atoms with Gasteiger partial charge in [-0.05, 0) is 55.0 Å². The lowest BCUT2D eigenvalue weighted by Gasteiger charge is -2.36. The lowest BCUT2D eigenvalue weighted by molar-refractivity contribution is -0.130. The molecule has 1 heterocycles. The van der Waals surface area contributed by atoms with E-state index in [4.69, 9.17) is 23.2 Å². The molecule has 0 aromatic heterocycles. The van der Waals surface area contributed by atoms with Crippen LogP contribution in [0.25, 0.3) is 0 Å². The van der Waals surface area contributed by atoms with Crippen molar-refractivity contribution in [3.63, 3.8) is 0 Å². The Labute approximate surface area is 209 Å². The number of anilines is 3. The van der Waals surface area contributed by atoms with Crippen LogP contribution in [-0.4, -0.2) is 43.0 Å². The summed E-state index contributed by atoms with van der Waals surface area (Å²) >= 11 is 12.0. The van der Waals surface area contributed by atoms with Crippen molar-refractivity contribution in [2.24, 2.45) is 0 Å². The minimum Gasteiger partial charge on any atom is -0.368 e. The van der Waals surface area contributed by atoms with E-state index in [1.54, 1.807) is 18.2 Å². The highest BCUT2D eigenvalue weighted by atomic mass is 35.5. The normalized spacial score (nSPS) is 13.5. The first kappa shape index (κ1) is 23.9. The Kier molecular flexibility index (Phi) is 7.60. The maximum Gasteiger partial charge on any atom is 0.323 e. The molecule has 2 N–H and O–H groups in total. The summed E-state index contributed by atoms with van der Waals surface area (Å²) < 4.78 is 0. The van der Waals surface area contributed by atoms with Crippen molar-refractivity contribution in [3.8, 4) is 0 Å². The van der Waals surface area contributed by atoms with E-state index in [2.05, 4.69) is 21.6 Å². The van der Waals surface area contributed by atoms with Crippen LogP contribution >= 0.6 is 23.2 Å². The van der Waals surface area contributed by atoms with Gasteiger partial charge in [0.05, 0.1) is 17.1 Å². The summed E-state index contributed by atoms with van der Waals surface area (Å²) in [5, 5.41) is 6.38. The van der Waals surface area contributed by atoms with Crippen molar-refractivity contribution in [3.05, 3.63) is 87.9 Å². The van der Waals surface area contributed by atoms with Crippen LogP contribution in [0.3, 0.4) is 0 Å². The van der Waals surface area contributed by atoms with E-state index in [9.17, 15) is 9.59 Å². The van der Waals surface area contributed by atoms with E-state index in [1.165, 1.54) is 5.56 Å². The first-order chi connectivity index (χ1) is 16.4. The van der Waals surface area contributed by atoms with Crippen LogP contribution in [0.15, 0.2) is 66.7 Å². The SMILES string of the molecule is Cc1cccc(CC(=O)N2CCN(c3ccc(NC(=O)Nc4ccc(Cl)cc4Cl)cc3)CC2)c1. The molecule has 3 aromatic rings. The number of aryl methyl sites for hydroxylation is 1. The van der Waals surface area contributed by atoms with Crippen molar-refractivity contribution >= 4 is 52.2 Å². The van der Waals surface area contributed by atoms with Crippen LogP contribution in [0.1, 0.15) is 11.1 Å². The lowest BCUT2D eigenvalue weighted by atomic mass is 10.1. The third-order valence-corrected chi connectivity index (χ3v) is 6.29. The summed E-state index contributed by atoms with van der Waals surface area (Å²) in [5.41, 5.74) is 4.42. The predicted molar refractivity (Wildman–Crippen MR) is 139 cm³/mol. The molecule has 34 heavy (non-hydrogen) atoms. The molecule has 1 fully saturated rings. The van der Waals surface area contributed by atoms with Crippen LogP contribution < -0.4 is 15.5 Å². The van der Waals surface area contributed by atoms with Crippen molar-refractivity contribution in [1.82, 2.24) is 4.90 Å². The van der Waals surface area contributed by atoms with Gasteiger partial charge in [0, 0.05) is 42.6 Å². The minimum atomic E-state index is -0.391. The average molecular weight is 497 g/mol. The Bertz CT molecular complexity index is 1180. The van der Waals surface area contributed by atoms with Gasteiger partial charge >= 0.3 is 6.03 Å². The molecule has 0 spiro atoms. The number of nitrogens with zero attached hydrogens (tertiary/aromatic N) is 2. The molecule has 0 bridgehead atoms. The van der Waals surface area contributed by atoms with E-state index in [-0.39, 0.29) is 5.91 Å². The van der Waals surface area contributed by atoms with Crippen LogP contribution in [0.5, 0.6) is 0 Å². The summed E-state index contributed by atoms with van der Waals surface area (Å²) in [5.74, 6) is 0.164. The molecule has 0 atom stereocenters. The number of piperazine rings is 1. The summed E-state index contributed by atoms with van der Waals surface area (Å²) in [7, 11) is 0. The highest BCUT2D eigenvalue weighted by molar-refractivity contribution is 6.36. The Morgan fingerprint density at radius 2 is 1.62 bits per heavy atom. The number of benzene rings is 3. The van der Waals surface area contributed by atoms with Gasteiger partial charge in [0.1, 0.15) is 0 Å². The van der Waals surface area contributed by atoms with Crippen LogP contribution in [-0.2, 0) is 11.2 Å². The zero-order valence-corrected chi connectivity index (χ0v) is 20.4. The number of rotatable bonds is 5. The van der Waals surface area contributed by atoms with Gasteiger partial charge in [-0.3, -0.25) is 4.79 Å². The molecule has 1 saturated heterocycles. The number of urea groups is 1. The van der Waals surface area contributed by atoms with Crippen LogP contribution in [0.2, 0.25) is 10.0 Å². The van der Waals surface area contributed by atoms with Gasteiger partial charge in [0.25, 0.3) is 0 Å². The summed E-state index contributed by atoms with van der Waals surface area (Å²) in [6, 6.07) is 20.2. The molecule has 1 aliphatic heterocycles. The fourth-order valence-corrected chi connectivity index (χ4v) is 4.41. The highest BCUT2D eigenvalue weighted by Crippen LogP contribution is 2.26. The fraction of sp³-hybridized carbons (Fsp3) is 0.231. The van der Waals surface area contributed by atoms with Gasteiger partial charge in [-0.25, -0.2) is 4.79 Å². The molecule has 1 aliphatic rings. The summed E-state index contributed by atoms with van der Waals surface area (Å²) in [6.45, 7) is 4.95. The number of nitrogens with one attached hydrogen (secondary N) is 2. The van der Waals surface area contributed by atoms with Crippen LogP contribution in [0, 0.1) is 6.92 Å². The zero-order valence-electron chi connectivity index (χ0n) is 18.9. The summed E-state index contributed by atoms with van der Waals surface area (Å²) in [6.07, 6.45) is 0.436. The first-order valence-corrected chi connectivity index (χ1v) is 11.8. The van der Waals surface area contributed by atoms with E-state index >= 15 is 0 Å². The van der Waals surface area contributed by atoms with Crippen LogP contribution in [0.4, 0.5) is 21.9 Å². The third-order valence-electron chi connectivity index (χ3n) is 5.74. The quantitative estimate of drug-likeness (QED) is 0.466. The molecular formula is C26H26Cl2N4O2. The summed E-state index contributed by atoms with van der Waals surface area (Å²) in [4.78, 5) is 29.2. The molecule has 0 unspecified atom stereocenters. The van der Waals surface area contributed by atoms with Gasteiger partial charge in [0.2, 0.25) is 5.91 Å². The largest absolute Gasteiger partial charge is 0.368 e. The highest BCUT2D eigenvalue weighted by Gasteiger charge is 2.21. The molecule has 3 amide bonds. The molecule has 176 valence electrons. The lowest BCUT2D eigenvalue weighted by Crippen LogP contribution is -2.49. The van der Waals surface area contributed by atoms with Crippen molar-refractivity contribution in [2.45, 2.75) is 13.3 Å². The molecular weight excluding hydrogens is 471 g/mol. The maximum atomic E-state index is 12.7. The number of halogens is 2.